The van der Waals surface area contributed by atoms with Crippen molar-refractivity contribution in [2.45, 2.75) is 76.6 Å². The molecule has 3 aromatic rings. The van der Waals surface area contributed by atoms with Crippen LogP contribution in [0.25, 0.3) is 22.2 Å². The van der Waals surface area contributed by atoms with Crippen LogP contribution in [0.15, 0.2) is 30.5 Å². The highest BCUT2D eigenvalue weighted by Crippen LogP contribution is 2.55. The fourth-order valence-corrected chi connectivity index (χ4v) is 5.97. The number of halogens is 1. The number of nitrogens with zero attached hydrogens (tertiary/aromatic N) is 4. The lowest BCUT2D eigenvalue weighted by Gasteiger charge is -2.51. The minimum absolute atomic E-state index is 0.0412. The average molecular weight is 464 g/mol. The Morgan fingerprint density at radius 3 is 2.67 bits per heavy atom. The summed E-state index contributed by atoms with van der Waals surface area (Å²) in [7, 11) is 0. The molecule has 33 heavy (non-hydrogen) atoms. The van der Waals surface area contributed by atoms with Crippen molar-refractivity contribution >= 4 is 23.0 Å². The van der Waals surface area contributed by atoms with Crippen LogP contribution >= 0.6 is 11.9 Å². The van der Waals surface area contributed by atoms with Gasteiger partial charge in [0.1, 0.15) is 11.6 Å². The van der Waals surface area contributed by atoms with Gasteiger partial charge in [0.2, 0.25) is 0 Å². The Balaban J connectivity index is 1.49. The molecule has 1 unspecified atom stereocenters. The molecule has 2 aliphatic rings. The maximum absolute atomic E-state index is 15.5. The number of imidazole rings is 1. The van der Waals surface area contributed by atoms with Crippen LogP contribution in [0.5, 0.6) is 0 Å². The van der Waals surface area contributed by atoms with E-state index in [4.69, 9.17) is 4.98 Å². The maximum atomic E-state index is 15.5. The van der Waals surface area contributed by atoms with Gasteiger partial charge in [-0.15, -0.1) is 0 Å². The van der Waals surface area contributed by atoms with E-state index in [1.807, 2.05) is 19.1 Å². The van der Waals surface area contributed by atoms with E-state index in [1.165, 1.54) is 0 Å². The van der Waals surface area contributed by atoms with E-state index in [2.05, 4.69) is 54.1 Å². The van der Waals surface area contributed by atoms with Crippen molar-refractivity contribution in [3.8, 4) is 17.2 Å². The number of fused-ring (bicyclic) bond motifs is 3. The normalized spacial score (nSPS) is 26.8. The minimum atomic E-state index is -0.641. The van der Waals surface area contributed by atoms with Gasteiger partial charge in [-0.3, -0.25) is 9.71 Å². The van der Waals surface area contributed by atoms with E-state index < -0.39 is 11.0 Å². The van der Waals surface area contributed by atoms with Crippen LogP contribution in [0.4, 0.5) is 4.39 Å². The van der Waals surface area contributed by atoms with Crippen LogP contribution in [0.1, 0.15) is 71.3 Å². The van der Waals surface area contributed by atoms with Crippen LogP contribution in [0.3, 0.4) is 0 Å². The van der Waals surface area contributed by atoms with E-state index >= 15 is 4.39 Å². The molecule has 1 atom stereocenters. The van der Waals surface area contributed by atoms with Gasteiger partial charge in [-0.05, 0) is 70.7 Å². The Labute approximate surface area is 198 Å². The summed E-state index contributed by atoms with van der Waals surface area (Å²) in [5, 5.41) is 9.56. The van der Waals surface area contributed by atoms with Crippen molar-refractivity contribution in [1.82, 2.24) is 19.3 Å². The molecule has 0 radical (unpaired) electrons. The van der Waals surface area contributed by atoms with Gasteiger partial charge in [0.25, 0.3) is 0 Å². The van der Waals surface area contributed by atoms with Crippen molar-refractivity contribution in [2.75, 3.05) is 0 Å². The molecule has 1 N–H and O–H groups in total. The molecule has 1 aliphatic carbocycles. The van der Waals surface area contributed by atoms with Crippen LogP contribution in [-0.4, -0.2) is 19.3 Å². The van der Waals surface area contributed by atoms with Crippen molar-refractivity contribution in [3.63, 3.8) is 0 Å². The second kappa shape index (κ2) is 7.54. The highest BCUT2D eigenvalue weighted by Gasteiger charge is 2.55. The Bertz CT molecular complexity index is 1280. The van der Waals surface area contributed by atoms with Gasteiger partial charge in [-0.25, -0.2) is 9.37 Å². The largest absolute Gasteiger partial charge is 0.328 e. The molecule has 1 aromatic carbocycles. The zero-order valence-electron chi connectivity index (χ0n) is 19.9. The third-order valence-corrected chi connectivity index (χ3v) is 7.94. The van der Waals surface area contributed by atoms with Crippen LogP contribution in [0, 0.1) is 22.6 Å². The first kappa shape index (κ1) is 22.4. The molecule has 1 fully saturated rings. The summed E-state index contributed by atoms with van der Waals surface area (Å²) in [6, 6.07) is 10.1. The fraction of sp³-hybridized carbons (Fsp3) is 0.500. The van der Waals surface area contributed by atoms with Crippen LogP contribution < -0.4 is 4.72 Å². The number of pyridine rings is 1. The molecule has 7 heteroatoms. The summed E-state index contributed by atoms with van der Waals surface area (Å²) in [6.45, 7) is 11.4. The lowest BCUT2D eigenvalue weighted by atomic mass is 9.58. The standard InChI is InChI=1S/C26H30FN5S/c1-16-8-9-32-21-11-17(6-7-20(21)30-23(16)32)18-10-19(27)22(29-12-18)26(31-33-24(2,3)4)13-25(5,14-26)15-28/h6-7,10-12,16,31H,8-9,13-14H2,1-5H3. The smallest absolute Gasteiger partial charge is 0.147 e. The van der Waals surface area contributed by atoms with E-state index in [-0.39, 0.29) is 10.6 Å². The zero-order valence-corrected chi connectivity index (χ0v) is 20.7. The molecule has 5 rings (SSSR count). The second-order valence-corrected chi connectivity index (χ2v) is 12.6. The molecular formula is C26H30FN5S. The summed E-state index contributed by atoms with van der Waals surface area (Å²) in [5.41, 5.74) is 3.05. The van der Waals surface area contributed by atoms with Crippen molar-refractivity contribution in [2.24, 2.45) is 5.41 Å². The van der Waals surface area contributed by atoms with Crippen molar-refractivity contribution in [1.29, 1.82) is 5.26 Å². The predicted molar refractivity (Wildman–Crippen MR) is 131 cm³/mol. The number of nitriles is 1. The number of aryl methyl sites for hydroxylation is 1. The summed E-state index contributed by atoms with van der Waals surface area (Å²) in [5.74, 6) is 1.27. The van der Waals surface area contributed by atoms with Crippen LogP contribution in [-0.2, 0) is 12.1 Å². The number of hydrogen-bond donors (Lipinski definition) is 1. The van der Waals surface area contributed by atoms with Crippen molar-refractivity contribution in [3.05, 3.63) is 47.8 Å². The summed E-state index contributed by atoms with van der Waals surface area (Å²) in [4.78, 5) is 9.41. The third kappa shape index (κ3) is 3.83. The SMILES string of the molecule is CC1CCn2c1nc1ccc(-c3cnc(C4(NSC(C)(C)C)CC(C)(C#N)C4)c(F)c3)cc12. The fourth-order valence-electron chi connectivity index (χ4n) is 5.23. The van der Waals surface area contributed by atoms with Crippen molar-refractivity contribution < 1.29 is 4.39 Å². The minimum Gasteiger partial charge on any atom is -0.328 e. The molecule has 3 heterocycles. The maximum Gasteiger partial charge on any atom is 0.147 e. The highest BCUT2D eigenvalue weighted by atomic mass is 32.2. The molecular weight excluding hydrogens is 433 g/mol. The van der Waals surface area contributed by atoms with E-state index in [1.54, 1.807) is 24.2 Å². The van der Waals surface area contributed by atoms with Gasteiger partial charge in [-0.2, -0.15) is 5.26 Å². The lowest BCUT2D eigenvalue weighted by molar-refractivity contribution is 0.0762. The lowest BCUT2D eigenvalue weighted by Crippen LogP contribution is -2.56. The molecule has 0 saturated heterocycles. The van der Waals surface area contributed by atoms with Gasteiger partial charge < -0.3 is 4.57 Å². The number of rotatable bonds is 4. The first-order chi connectivity index (χ1) is 15.5. The molecule has 0 spiro atoms. The first-order valence-electron chi connectivity index (χ1n) is 11.6. The zero-order chi connectivity index (χ0) is 23.6. The highest BCUT2D eigenvalue weighted by molar-refractivity contribution is 7.98. The van der Waals surface area contributed by atoms with E-state index in [0.717, 1.165) is 41.0 Å². The van der Waals surface area contributed by atoms with Gasteiger partial charge in [0.15, 0.2) is 0 Å². The molecule has 1 saturated carbocycles. The monoisotopic (exact) mass is 463 g/mol. The number of hydrogen-bond acceptors (Lipinski definition) is 5. The molecule has 172 valence electrons. The topological polar surface area (TPSA) is 66.5 Å². The Morgan fingerprint density at radius 1 is 1.24 bits per heavy atom. The van der Waals surface area contributed by atoms with Gasteiger partial charge >= 0.3 is 0 Å². The number of nitrogens with one attached hydrogen (secondary N) is 1. The number of aromatic nitrogens is 3. The summed E-state index contributed by atoms with van der Waals surface area (Å²) >= 11 is 1.57. The van der Waals surface area contributed by atoms with Gasteiger partial charge in [0, 0.05) is 29.0 Å². The molecule has 0 bridgehead atoms. The summed E-state index contributed by atoms with van der Waals surface area (Å²) in [6.07, 6.45) is 3.94. The first-order valence-corrected chi connectivity index (χ1v) is 12.4. The molecule has 2 aromatic heterocycles. The van der Waals surface area contributed by atoms with Gasteiger partial charge in [-0.1, -0.05) is 24.9 Å². The molecule has 0 amide bonds. The second-order valence-electron chi connectivity index (χ2n) is 11.0. The third-order valence-electron chi connectivity index (χ3n) is 6.84. The van der Waals surface area contributed by atoms with Gasteiger partial charge in [0.05, 0.1) is 33.8 Å². The predicted octanol–water partition coefficient (Wildman–Crippen LogP) is 6.30. The Hall–Kier alpha value is -2.43. The quantitative estimate of drug-likeness (QED) is 0.460. The molecule has 5 nitrogen and oxygen atoms in total. The van der Waals surface area contributed by atoms with Crippen LogP contribution in [0.2, 0.25) is 0 Å². The Morgan fingerprint density at radius 2 is 2.00 bits per heavy atom. The van der Waals surface area contributed by atoms with E-state index in [0.29, 0.717) is 24.5 Å². The summed E-state index contributed by atoms with van der Waals surface area (Å²) < 4.78 is 21.3. The number of benzene rings is 1. The average Bonchev–Trinajstić information content (AvgIpc) is 3.29. The Kier molecular flexibility index (Phi) is 5.11. The van der Waals surface area contributed by atoms with E-state index in [9.17, 15) is 5.26 Å². The molecule has 1 aliphatic heterocycles.